The van der Waals surface area contributed by atoms with Crippen molar-refractivity contribution in [2.75, 3.05) is 13.6 Å². The molecule has 102 valence electrons. The first-order valence-corrected chi connectivity index (χ1v) is 7.43. The first-order chi connectivity index (χ1) is 8.37. The van der Waals surface area contributed by atoms with Crippen LogP contribution in [0.2, 0.25) is 0 Å². The summed E-state index contributed by atoms with van der Waals surface area (Å²) < 4.78 is 25.7. The molecule has 0 fully saturated rings. The number of nitrogens with two attached hydrogens (primary N) is 1. The maximum Gasteiger partial charge on any atom is 0.260 e. The summed E-state index contributed by atoms with van der Waals surface area (Å²) in [6, 6.07) is 3.19. The minimum atomic E-state index is -3.48. The summed E-state index contributed by atoms with van der Waals surface area (Å²) in [6.45, 7) is 4.99. The Morgan fingerprint density at radius 3 is 2.50 bits per heavy atom. The minimum Gasteiger partial charge on any atom is -0.326 e. The monoisotopic (exact) mass is 271 g/mol. The van der Waals surface area contributed by atoms with Gasteiger partial charge in [0.2, 0.25) is 0 Å². The zero-order chi connectivity index (χ0) is 13.8. The fraction of sp³-hybridized carbons (Fsp3) is 0.583. The number of pyridine rings is 1. The molecule has 1 rings (SSSR count). The van der Waals surface area contributed by atoms with Crippen LogP contribution in [0, 0.1) is 5.92 Å². The molecule has 0 spiro atoms. The molecule has 0 aliphatic rings. The topological polar surface area (TPSA) is 76.3 Å². The predicted octanol–water partition coefficient (Wildman–Crippen LogP) is 1.21. The van der Waals surface area contributed by atoms with E-state index in [9.17, 15) is 8.42 Å². The largest absolute Gasteiger partial charge is 0.326 e. The van der Waals surface area contributed by atoms with Gasteiger partial charge >= 0.3 is 0 Å². The summed E-state index contributed by atoms with van der Waals surface area (Å²) in [6.07, 6.45) is 2.33. The van der Waals surface area contributed by atoms with Crippen LogP contribution in [0.4, 0.5) is 0 Å². The third-order valence-corrected chi connectivity index (χ3v) is 4.50. The molecule has 18 heavy (non-hydrogen) atoms. The summed E-state index contributed by atoms with van der Waals surface area (Å²) >= 11 is 0. The Hall–Kier alpha value is -0.980. The number of rotatable bonds is 6. The smallest absolute Gasteiger partial charge is 0.260 e. The fourth-order valence-corrected chi connectivity index (χ4v) is 2.50. The van der Waals surface area contributed by atoms with E-state index in [1.807, 2.05) is 0 Å². The zero-order valence-corrected chi connectivity index (χ0v) is 11.9. The maximum atomic E-state index is 12.2. The molecule has 6 heteroatoms. The molecule has 1 aromatic heterocycles. The molecule has 0 aromatic carbocycles. The molecule has 0 amide bonds. The van der Waals surface area contributed by atoms with Gasteiger partial charge in [-0.15, -0.1) is 0 Å². The van der Waals surface area contributed by atoms with Gasteiger partial charge in [-0.25, -0.2) is 13.4 Å². The van der Waals surface area contributed by atoms with E-state index in [4.69, 9.17) is 5.73 Å². The van der Waals surface area contributed by atoms with Crippen LogP contribution in [-0.2, 0) is 16.6 Å². The molecule has 0 saturated carbocycles. The maximum absolute atomic E-state index is 12.2. The number of aromatic nitrogens is 1. The SMILES string of the molecule is CC(C)CCN(C)S(=O)(=O)c1ccc(CN)cn1. The lowest BCUT2D eigenvalue weighted by molar-refractivity contribution is 0.426. The molecule has 0 saturated heterocycles. The van der Waals surface area contributed by atoms with Gasteiger partial charge in [0, 0.05) is 26.3 Å². The third-order valence-electron chi connectivity index (χ3n) is 2.73. The summed E-state index contributed by atoms with van der Waals surface area (Å²) in [4.78, 5) is 3.96. The standard InChI is InChI=1S/C12H21N3O2S/c1-10(2)6-7-15(3)18(16,17)12-5-4-11(8-13)9-14-12/h4-5,9-10H,6-8,13H2,1-3H3. The quantitative estimate of drug-likeness (QED) is 0.843. The van der Waals surface area contributed by atoms with Gasteiger partial charge in [-0.05, 0) is 24.0 Å². The van der Waals surface area contributed by atoms with E-state index in [-0.39, 0.29) is 5.03 Å². The van der Waals surface area contributed by atoms with Crippen LogP contribution in [0.5, 0.6) is 0 Å². The Labute approximate surface area is 109 Å². The lowest BCUT2D eigenvalue weighted by atomic mass is 10.1. The highest BCUT2D eigenvalue weighted by molar-refractivity contribution is 7.89. The second kappa shape index (κ2) is 6.26. The predicted molar refractivity (Wildman–Crippen MR) is 71.4 cm³/mol. The van der Waals surface area contributed by atoms with E-state index >= 15 is 0 Å². The number of hydrogen-bond acceptors (Lipinski definition) is 4. The average molecular weight is 271 g/mol. The molecule has 0 aliphatic heterocycles. The molecule has 0 unspecified atom stereocenters. The highest BCUT2D eigenvalue weighted by Gasteiger charge is 2.21. The van der Waals surface area contributed by atoms with Crippen LogP contribution in [-0.4, -0.2) is 31.3 Å². The Bertz CT molecular complexity index is 469. The zero-order valence-electron chi connectivity index (χ0n) is 11.1. The van der Waals surface area contributed by atoms with Gasteiger partial charge in [0.15, 0.2) is 5.03 Å². The Morgan fingerprint density at radius 2 is 2.06 bits per heavy atom. The Balaban J connectivity index is 2.84. The van der Waals surface area contributed by atoms with Gasteiger partial charge < -0.3 is 5.73 Å². The van der Waals surface area contributed by atoms with Crippen molar-refractivity contribution in [2.45, 2.75) is 31.8 Å². The third kappa shape index (κ3) is 3.76. The lowest BCUT2D eigenvalue weighted by Crippen LogP contribution is -2.29. The van der Waals surface area contributed by atoms with Crippen molar-refractivity contribution in [2.24, 2.45) is 11.7 Å². The van der Waals surface area contributed by atoms with Gasteiger partial charge in [-0.3, -0.25) is 0 Å². The van der Waals surface area contributed by atoms with Crippen molar-refractivity contribution < 1.29 is 8.42 Å². The van der Waals surface area contributed by atoms with Gasteiger partial charge in [0.25, 0.3) is 10.0 Å². The van der Waals surface area contributed by atoms with Crippen molar-refractivity contribution in [3.05, 3.63) is 23.9 Å². The van der Waals surface area contributed by atoms with Crippen LogP contribution in [0.1, 0.15) is 25.8 Å². The number of sulfonamides is 1. The normalized spacial score (nSPS) is 12.3. The van der Waals surface area contributed by atoms with E-state index in [0.29, 0.717) is 19.0 Å². The van der Waals surface area contributed by atoms with Crippen molar-refractivity contribution >= 4 is 10.0 Å². The van der Waals surface area contributed by atoms with E-state index in [0.717, 1.165) is 12.0 Å². The molecule has 1 heterocycles. The van der Waals surface area contributed by atoms with E-state index in [1.165, 1.54) is 16.6 Å². The molecule has 0 atom stereocenters. The molecule has 0 bridgehead atoms. The molecule has 2 N–H and O–H groups in total. The van der Waals surface area contributed by atoms with Gasteiger partial charge in [-0.1, -0.05) is 19.9 Å². The highest BCUT2D eigenvalue weighted by Crippen LogP contribution is 2.13. The van der Waals surface area contributed by atoms with Gasteiger partial charge in [-0.2, -0.15) is 4.31 Å². The van der Waals surface area contributed by atoms with E-state index in [2.05, 4.69) is 18.8 Å². The highest BCUT2D eigenvalue weighted by atomic mass is 32.2. The van der Waals surface area contributed by atoms with Crippen LogP contribution < -0.4 is 5.73 Å². The Morgan fingerprint density at radius 1 is 1.39 bits per heavy atom. The summed E-state index contributed by atoms with van der Waals surface area (Å²) in [5, 5.41) is 0.0750. The first kappa shape index (κ1) is 15.1. The second-order valence-corrected chi connectivity index (χ2v) is 6.71. The summed E-state index contributed by atoms with van der Waals surface area (Å²) in [7, 11) is -1.90. The van der Waals surface area contributed by atoms with Crippen molar-refractivity contribution in [1.29, 1.82) is 0 Å². The molecule has 5 nitrogen and oxygen atoms in total. The van der Waals surface area contributed by atoms with Crippen molar-refractivity contribution in [3.63, 3.8) is 0 Å². The van der Waals surface area contributed by atoms with E-state index < -0.39 is 10.0 Å². The molecular weight excluding hydrogens is 250 g/mol. The van der Waals surface area contributed by atoms with Crippen molar-refractivity contribution in [1.82, 2.24) is 9.29 Å². The first-order valence-electron chi connectivity index (χ1n) is 5.99. The Kier molecular flexibility index (Phi) is 5.25. The van der Waals surface area contributed by atoms with Crippen LogP contribution in [0.3, 0.4) is 0 Å². The fourth-order valence-electron chi connectivity index (χ4n) is 1.40. The van der Waals surface area contributed by atoms with Gasteiger partial charge in [0.05, 0.1) is 0 Å². The van der Waals surface area contributed by atoms with E-state index in [1.54, 1.807) is 13.1 Å². The lowest BCUT2D eigenvalue weighted by Gasteiger charge is -2.17. The second-order valence-electron chi connectivity index (χ2n) is 4.72. The summed E-state index contributed by atoms with van der Waals surface area (Å²) in [5.41, 5.74) is 6.27. The minimum absolute atomic E-state index is 0.0750. The van der Waals surface area contributed by atoms with Gasteiger partial charge in [0.1, 0.15) is 0 Å². The van der Waals surface area contributed by atoms with Crippen molar-refractivity contribution in [3.8, 4) is 0 Å². The average Bonchev–Trinajstić information content (AvgIpc) is 2.35. The number of hydrogen-bond donors (Lipinski definition) is 1. The summed E-state index contributed by atoms with van der Waals surface area (Å²) in [5.74, 6) is 0.468. The van der Waals surface area contributed by atoms with Crippen LogP contribution in [0.25, 0.3) is 0 Å². The molecule has 1 aromatic rings. The van der Waals surface area contributed by atoms with Crippen LogP contribution in [0.15, 0.2) is 23.4 Å². The molecule has 0 aliphatic carbocycles. The molecule has 0 radical (unpaired) electrons. The molecular formula is C12H21N3O2S. The number of nitrogens with zero attached hydrogens (tertiary/aromatic N) is 2. The van der Waals surface area contributed by atoms with Crippen LogP contribution >= 0.6 is 0 Å².